The van der Waals surface area contributed by atoms with Crippen molar-refractivity contribution in [2.75, 3.05) is 0 Å². The highest BCUT2D eigenvalue weighted by atomic mass is 16.6. The fourth-order valence-corrected chi connectivity index (χ4v) is 4.03. The second-order valence-corrected chi connectivity index (χ2v) is 8.32. The lowest BCUT2D eigenvalue weighted by atomic mass is 10.1. The second kappa shape index (κ2) is 9.78. The summed E-state index contributed by atoms with van der Waals surface area (Å²) < 4.78 is 7.28. The minimum atomic E-state index is -0.572. The van der Waals surface area contributed by atoms with Crippen molar-refractivity contribution < 1.29 is 18.9 Å². The van der Waals surface area contributed by atoms with Gasteiger partial charge in [-0.25, -0.2) is 4.68 Å². The third-order valence-corrected chi connectivity index (χ3v) is 5.88. The monoisotopic (exact) mass is 495 g/mol. The lowest BCUT2D eigenvalue weighted by Crippen LogP contribution is -2.42. The molecule has 2 amide bonds. The number of rotatable bonds is 6. The molecule has 10 heteroatoms. The molecule has 184 valence electrons. The molecule has 0 saturated heterocycles. The first-order valence-corrected chi connectivity index (χ1v) is 11.4. The number of carbonyl (C=O) groups is 2. The van der Waals surface area contributed by atoms with Crippen LogP contribution in [0.25, 0.3) is 27.9 Å². The number of nitrogens with zero attached hydrogens (tertiary/aromatic N) is 3. The summed E-state index contributed by atoms with van der Waals surface area (Å²) >= 11 is 0. The fourth-order valence-electron chi connectivity index (χ4n) is 4.03. The van der Waals surface area contributed by atoms with E-state index in [1.54, 1.807) is 36.0 Å². The van der Waals surface area contributed by atoms with E-state index in [9.17, 15) is 19.7 Å². The van der Waals surface area contributed by atoms with E-state index in [-0.39, 0.29) is 17.9 Å². The van der Waals surface area contributed by atoms with Crippen LogP contribution < -0.4 is 10.9 Å². The lowest BCUT2D eigenvalue weighted by Gasteiger charge is -2.07. The highest BCUT2D eigenvalue weighted by Crippen LogP contribution is 2.27. The maximum Gasteiger partial charge on any atom is 0.305 e. The van der Waals surface area contributed by atoms with Gasteiger partial charge in [0.1, 0.15) is 5.58 Å². The molecular weight excluding hydrogens is 474 g/mol. The number of nitrogens with one attached hydrogen (secondary N) is 2. The number of para-hydroxylation sites is 2. The first kappa shape index (κ1) is 23.5. The van der Waals surface area contributed by atoms with E-state index >= 15 is 0 Å². The summed E-state index contributed by atoms with van der Waals surface area (Å²) in [7, 11) is 0. The Morgan fingerprint density at radius 1 is 0.973 bits per heavy atom. The minimum Gasteiger partial charge on any atom is -0.451 e. The van der Waals surface area contributed by atoms with Crippen LogP contribution in [0.1, 0.15) is 21.7 Å². The fraction of sp³-hybridized carbons (Fsp3) is 0.0741. The molecule has 0 aliphatic rings. The van der Waals surface area contributed by atoms with E-state index in [0.29, 0.717) is 28.0 Å². The largest absolute Gasteiger partial charge is 0.451 e. The number of aromatic nitrogens is 2. The van der Waals surface area contributed by atoms with Crippen LogP contribution in [-0.2, 0) is 11.2 Å². The molecule has 0 bridgehead atoms. The van der Waals surface area contributed by atoms with E-state index in [4.69, 9.17) is 4.42 Å². The van der Waals surface area contributed by atoms with Gasteiger partial charge in [0.25, 0.3) is 5.69 Å². The molecule has 0 saturated carbocycles. The molecule has 3 aromatic carbocycles. The van der Waals surface area contributed by atoms with E-state index in [1.165, 1.54) is 12.1 Å². The van der Waals surface area contributed by atoms with Gasteiger partial charge < -0.3 is 4.42 Å². The number of nitro groups is 1. The minimum absolute atomic E-state index is 0.0471. The number of amides is 2. The standard InChI is InChI=1S/C27H21N5O5/c1-17-22-9-5-6-10-23(22)37-26(17)27(34)29-28-24(33)15-19-16-31(20-7-3-2-4-8-20)30-25(19)18-11-13-21(14-12-18)32(35)36/h2-14,16H,15H2,1H3,(H,28,33)(H,29,34). The Morgan fingerprint density at radius 3 is 2.38 bits per heavy atom. The Kier molecular flexibility index (Phi) is 6.21. The second-order valence-electron chi connectivity index (χ2n) is 8.32. The van der Waals surface area contributed by atoms with Crippen molar-refractivity contribution in [1.29, 1.82) is 0 Å². The Bertz CT molecular complexity index is 1620. The Morgan fingerprint density at radius 2 is 1.68 bits per heavy atom. The van der Waals surface area contributed by atoms with Crippen LogP contribution in [0.2, 0.25) is 0 Å². The van der Waals surface area contributed by atoms with Gasteiger partial charge >= 0.3 is 5.91 Å². The third-order valence-electron chi connectivity index (χ3n) is 5.88. The summed E-state index contributed by atoms with van der Waals surface area (Å²) in [5.74, 6) is -0.930. The Labute approximate surface area is 210 Å². The van der Waals surface area contributed by atoms with Crippen molar-refractivity contribution in [2.24, 2.45) is 0 Å². The number of non-ortho nitro benzene ring substituents is 1. The van der Waals surface area contributed by atoms with E-state index in [1.807, 2.05) is 48.5 Å². The van der Waals surface area contributed by atoms with Crippen LogP contribution in [0, 0.1) is 17.0 Å². The maximum atomic E-state index is 12.8. The Balaban J connectivity index is 1.36. The van der Waals surface area contributed by atoms with E-state index in [2.05, 4.69) is 16.0 Å². The van der Waals surface area contributed by atoms with Gasteiger partial charge in [0.15, 0.2) is 5.76 Å². The molecule has 0 unspecified atom stereocenters. The van der Waals surface area contributed by atoms with Crippen molar-refractivity contribution in [3.63, 3.8) is 0 Å². The molecule has 0 aliphatic heterocycles. The van der Waals surface area contributed by atoms with E-state index in [0.717, 1.165) is 11.1 Å². The highest BCUT2D eigenvalue weighted by Gasteiger charge is 2.20. The molecule has 5 rings (SSSR count). The van der Waals surface area contributed by atoms with Gasteiger partial charge in [0.2, 0.25) is 5.91 Å². The molecule has 37 heavy (non-hydrogen) atoms. The van der Waals surface area contributed by atoms with Crippen molar-refractivity contribution in [2.45, 2.75) is 13.3 Å². The summed E-state index contributed by atoms with van der Waals surface area (Å²) in [5, 5.41) is 16.5. The maximum absolute atomic E-state index is 12.8. The first-order valence-electron chi connectivity index (χ1n) is 11.4. The number of hydrogen-bond donors (Lipinski definition) is 2. The molecule has 2 aromatic heterocycles. The number of hydrazine groups is 1. The number of fused-ring (bicyclic) bond motifs is 1. The number of nitro benzene ring substituents is 1. The van der Waals surface area contributed by atoms with Gasteiger partial charge in [-0.05, 0) is 37.3 Å². The predicted molar refractivity (Wildman–Crippen MR) is 136 cm³/mol. The SMILES string of the molecule is Cc1c(C(=O)NNC(=O)Cc2cn(-c3ccccc3)nc2-c2ccc([N+](=O)[O-])cc2)oc2ccccc12. The molecule has 5 aromatic rings. The van der Waals surface area contributed by atoms with Gasteiger partial charge in [-0.15, -0.1) is 0 Å². The lowest BCUT2D eigenvalue weighted by molar-refractivity contribution is -0.384. The Hall–Kier alpha value is -5.25. The topological polar surface area (TPSA) is 132 Å². The molecule has 2 N–H and O–H groups in total. The predicted octanol–water partition coefficient (Wildman–Crippen LogP) is 4.51. The summed E-state index contributed by atoms with van der Waals surface area (Å²) in [4.78, 5) is 36.0. The van der Waals surface area contributed by atoms with Crippen molar-refractivity contribution in [3.05, 3.63) is 112 Å². The number of benzene rings is 3. The normalized spacial score (nSPS) is 10.8. The quantitative estimate of drug-likeness (QED) is 0.263. The zero-order chi connectivity index (χ0) is 25.9. The number of carbonyl (C=O) groups excluding carboxylic acids is 2. The number of hydrogen-bond acceptors (Lipinski definition) is 6. The van der Waals surface area contributed by atoms with Crippen LogP contribution in [-0.4, -0.2) is 26.5 Å². The molecule has 10 nitrogen and oxygen atoms in total. The molecule has 0 fully saturated rings. The molecule has 0 radical (unpaired) electrons. The summed E-state index contributed by atoms with van der Waals surface area (Å²) in [6.45, 7) is 1.77. The van der Waals surface area contributed by atoms with Crippen LogP contribution in [0.4, 0.5) is 5.69 Å². The summed E-state index contributed by atoms with van der Waals surface area (Å²) in [5.41, 5.74) is 8.51. The van der Waals surface area contributed by atoms with Crippen molar-refractivity contribution in [3.8, 4) is 16.9 Å². The van der Waals surface area contributed by atoms with Gasteiger partial charge in [0, 0.05) is 40.4 Å². The number of furan rings is 1. The van der Waals surface area contributed by atoms with Crippen LogP contribution >= 0.6 is 0 Å². The average Bonchev–Trinajstić information content (AvgIpc) is 3.49. The average molecular weight is 495 g/mol. The molecule has 0 spiro atoms. The highest BCUT2D eigenvalue weighted by molar-refractivity contribution is 5.99. The number of aryl methyl sites for hydroxylation is 1. The van der Waals surface area contributed by atoms with E-state index < -0.39 is 16.7 Å². The molecular formula is C27H21N5O5. The van der Waals surface area contributed by atoms with Gasteiger partial charge in [-0.3, -0.25) is 30.6 Å². The smallest absolute Gasteiger partial charge is 0.305 e. The van der Waals surface area contributed by atoms with Crippen molar-refractivity contribution >= 4 is 28.5 Å². The zero-order valence-corrected chi connectivity index (χ0v) is 19.7. The van der Waals surface area contributed by atoms with Crippen LogP contribution in [0.5, 0.6) is 0 Å². The van der Waals surface area contributed by atoms with Gasteiger partial charge in [0.05, 0.1) is 22.7 Å². The molecule has 0 aliphatic carbocycles. The third kappa shape index (κ3) is 4.80. The molecule has 2 heterocycles. The van der Waals surface area contributed by atoms with Crippen LogP contribution in [0.3, 0.4) is 0 Å². The summed E-state index contributed by atoms with van der Waals surface area (Å²) in [6, 6.07) is 22.6. The summed E-state index contributed by atoms with van der Waals surface area (Å²) in [6.07, 6.45) is 1.62. The molecule has 0 atom stereocenters. The zero-order valence-electron chi connectivity index (χ0n) is 19.7. The van der Waals surface area contributed by atoms with Crippen molar-refractivity contribution in [1.82, 2.24) is 20.6 Å². The van der Waals surface area contributed by atoms with Crippen LogP contribution in [0.15, 0.2) is 89.5 Å². The first-order chi connectivity index (χ1) is 17.9. The van der Waals surface area contributed by atoms with Gasteiger partial charge in [-0.2, -0.15) is 5.10 Å². The van der Waals surface area contributed by atoms with Gasteiger partial charge in [-0.1, -0.05) is 36.4 Å².